The third kappa shape index (κ3) is 2.17. The van der Waals surface area contributed by atoms with Crippen LogP contribution in [0, 0.1) is 0 Å². The molecule has 0 saturated carbocycles. The van der Waals surface area contributed by atoms with Crippen molar-refractivity contribution in [1.29, 1.82) is 0 Å². The number of nitrogens with zero attached hydrogens (tertiary/aromatic N) is 1. The number of nitrogens with one attached hydrogen (secondary N) is 1. The summed E-state index contributed by atoms with van der Waals surface area (Å²) in [5.74, 6) is 0. The second-order valence-electron chi connectivity index (χ2n) is 7.02. The predicted octanol–water partition coefficient (Wildman–Crippen LogP) is 6.69. The molecule has 2 heteroatoms. The highest BCUT2D eigenvalue weighted by molar-refractivity contribution is 6.17. The van der Waals surface area contributed by atoms with E-state index < -0.39 is 0 Å². The molecule has 126 valence electrons. The molecule has 0 saturated heterocycles. The van der Waals surface area contributed by atoms with Gasteiger partial charge in [-0.2, -0.15) is 0 Å². The van der Waals surface area contributed by atoms with E-state index in [-0.39, 0.29) is 0 Å². The van der Waals surface area contributed by atoms with Crippen LogP contribution in [0.5, 0.6) is 0 Å². The first-order valence-electron chi connectivity index (χ1n) is 9.15. The third-order valence-corrected chi connectivity index (χ3v) is 5.46. The van der Waals surface area contributed by atoms with Crippen LogP contribution in [0.15, 0.2) is 91.3 Å². The standard InChI is InChI=1S/C25H16N2/c1-2-5-18-13-22-19(12-17(18)4-1)9-8-16-6-3-7-21(25(16)22)20-10-11-23-24(14-20)27-15-26-23/h1-15H,(H,26,27). The van der Waals surface area contributed by atoms with Gasteiger partial charge >= 0.3 is 0 Å². The lowest BCUT2D eigenvalue weighted by Crippen LogP contribution is -1.85. The van der Waals surface area contributed by atoms with Crippen molar-refractivity contribution in [1.82, 2.24) is 9.97 Å². The van der Waals surface area contributed by atoms with Crippen molar-refractivity contribution in [3.8, 4) is 11.1 Å². The van der Waals surface area contributed by atoms with Crippen LogP contribution in [0.4, 0.5) is 0 Å². The van der Waals surface area contributed by atoms with Crippen molar-refractivity contribution in [2.45, 2.75) is 0 Å². The van der Waals surface area contributed by atoms with Crippen LogP contribution in [0.3, 0.4) is 0 Å². The number of H-pyrrole nitrogens is 1. The average molecular weight is 344 g/mol. The zero-order valence-corrected chi connectivity index (χ0v) is 14.6. The summed E-state index contributed by atoms with van der Waals surface area (Å²) in [6, 6.07) is 30.6. The van der Waals surface area contributed by atoms with Crippen molar-refractivity contribution >= 4 is 43.4 Å². The van der Waals surface area contributed by atoms with E-state index in [2.05, 4.69) is 94.9 Å². The van der Waals surface area contributed by atoms with Gasteiger partial charge in [0, 0.05) is 0 Å². The second kappa shape index (κ2) is 5.42. The van der Waals surface area contributed by atoms with Gasteiger partial charge in [0.1, 0.15) is 0 Å². The Morgan fingerprint density at radius 3 is 2.37 bits per heavy atom. The van der Waals surface area contributed by atoms with Crippen LogP contribution >= 0.6 is 0 Å². The van der Waals surface area contributed by atoms with E-state index in [1.54, 1.807) is 6.33 Å². The maximum Gasteiger partial charge on any atom is 0.0931 e. The molecule has 0 aliphatic rings. The van der Waals surface area contributed by atoms with E-state index in [1.807, 2.05) is 0 Å². The van der Waals surface area contributed by atoms with Crippen molar-refractivity contribution in [3.63, 3.8) is 0 Å². The molecule has 0 amide bonds. The molecule has 1 heterocycles. The SMILES string of the molecule is c1ccc2cc3c(ccc4cccc(-c5ccc6nc[nH]c6c5)c43)cc2c1. The first kappa shape index (κ1) is 14.5. The first-order chi connectivity index (χ1) is 13.4. The molecule has 1 aromatic heterocycles. The Labute approximate surface area is 156 Å². The molecule has 0 bridgehead atoms. The lowest BCUT2D eigenvalue weighted by atomic mass is 9.92. The summed E-state index contributed by atoms with van der Waals surface area (Å²) in [5.41, 5.74) is 4.52. The van der Waals surface area contributed by atoms with Gasteiger partial charge < -0.3 is 4.98 Å². The fourth-order valence-corrected chi connectivity index (χ4v) is 4.15. The lowest BCUT2D eigenvalue weighted by Gasteiger charge is -2.12. The van der Waals surface area contributed by atoms with Gasteiger partial charge in [0.2, 0.25) is 0 Å². The highest BCUT2D eigenvalue weighted by atomic mass is 14.9. The van der Waals surface area contributed by atoms with Crippen LogP contribution in [0.1, 0.15) is 0 Å². The molecule has 0 atom stereocenters. The molecule has 1 N–H and O–H groups in total. The van der Waals surface area contributed by atoms with Crippen LogP contribution in [0.2, 0.25) is 0 Å². The molecule has 27 heavy (non-hydrogen) atoms. The molecule has 6 rings (SSSR count). The summed E-state index contributed by atoms with van der Waals surface area (Å²) in [6.45, 7) is 0. The molecule has 0 radical (unpaired) electrons. The number of rotatable bonds is 1. The van der Waals surface area contributed by atoms with Gasteiger partial charge in [-0.1, -0.05) is 60.7 Å². The van der Waals surface area contributed by atoms with Crippen LogP contribution in [0.25, 0.3) is 54.5 Å². The van der Waals surface area contributed by atoms with Gasteiger partial charge in [-0.15, -0.1) is 0 Å². The molecule has 0 fully saturated rings. The number of hydrogen-bond donors (Lipinski definition) is 1. The Hall–Kier alpha value is -3.65. The number of benzene rings is 5. The fourth-order valence-electron chi connectivity index (χ4n) is 4.15. The summed E-state index contributed by atoms with van der Waals surface area (Å²) in [4.78, 5) is 7.57. The van der Waals surface area contributed by atoms with E-state index in [9.17, 15) is 0 Å². The minimum absolute atomic E-state index is 0.995. The molecule has 0 spiro atoms. The Morgan fingerprint density at radius 2 is 1.44 bits per heavy atom. The van der Waals surface area contributed by atoms with Gasteiger partial charge in [0.05, 0.1) is 17.4 Å². The van der Waals surface area contributed by atoms with Gasteiger partial charge in [0.25, 0.3) is 0 Å². The van der Waals surface area contributed by atoms with E-state index in [0.29, 0.717) is 0 Å². The molecule has 0 aliphatic heterocycles. The normalized spacial score (nSPS) is 11.7. The Bertz CT molecular complexity index is 1470. The smallest absolute Gasteiger partial charge is 0.0931 e. The van der Waals surface area contributed by atoms with Gasteiger partial charge in [-0.3, -0.25) is 0 Å². The van der Waals surface area contributed by atoms with Crippen molar-refractivity contribution in [3.05, 3.63) is 91.3 Å². The molecule has 2 nitrogen and oxygen atoms in total. The molecular formula is C25H16N2. The van der Waals surface area contributed by atoms with Crippen molar-refractivity contribution in [2.24, 2.45) is 0 Å². The average Bonchev–Trinajstić information content (AvgIpc) is 3.19. The maximum absolute atomic E-state index is 4.34. The highest BCUT2D eigenvalue weighted by Crippen LogP contribution is 2.36. The largest absolute Gasteiger partial charge is 0.345 e. The summed E-state index contributed by atoms with van der Waals surface area (Å²) >= 11 is 0. The van der Waals surface area contributed by atoms with Crippen LogP contribution in [-0.4, -0.2) is 9.97 Å². The zero-order valence-electron chi connectivity index (χ0n) is 14.6. The minimum atomic E-state index is 0.995. The molecule has 6 aromatic rings. The maximum atomic E-state index is 4.34. The summed E-state index contributed by atoms with van der Waals surface area (Å²) in [6.07, 6.45) is 1.75. The van der Waals surface area contributed by atoms with E-state index >= 15 is 0 Å². The van der Waals surface area contributed by atoms with Gasteiger partial charge in [-0.05, 0) is 67.7 Å². The van der Waals surface area contributed by atoms with E-state index in [4.69, 9.17) is 0 Å². The number of fused-ring (bicyclic) bond motifs is 5. The van der Waals surface area contributed by atoms with Gasteiger partial charge in [-0.25, -0.2) is 4.98 Å². The second-order valence-corrected chi connectivity index (χ2v) is 7.02. The molecule has 0 aliphatic carbocycles. The number of aromatic amines is 1. The van der Waals surface area contributed by atoms with Crippen LogP contribution < -0.4 is 0 Å². The van der Waals surface area contributed by atoms with E-state index in [0.717, 1.165) is 11.0 Å². The highest BCUT2D eigenvalue weighted by Gasteiger charge is 2.10. The number of aromatic nitrogens is 2. The summed E-state index contributed by atoms with van der Waals surface area (Å²) < 4.78 is 0. The number of imidazole rings is 1. The van der Waals surface area contributed by atoms with Gasteiger partial charge in [0.15, 0.2) is 0 Å². The minimum Gasteiger partial charge on any atom is -0.345 e. The zero-order chi connectivity index (χ0) is 17.8. The van der Waals surface area contributed by atoms with Crippen molar-refractivity contribution in [2.75, 3.05) is 0 Å². The quantitative estimate of drug-likeness (QED) is 0.261. The summed E-state index contributed by atoms with van der Waals surface area (Å²) in [7, 11) is 0. The fraction of sp³-hybridized carbons (Fsp3) is 0. The Balaban J connectivity index is 1.75. The van der Waals surface area contributed by atoms with Crippen molar-refractivity contribution < 1.29 is 0 Å². The third-order valence-electron chi connectivity index (χ3n) is 5.46. The molecule has 0 unspecified atom stereocenters. The monoisotopic (exact) mass is 344 g/mol. The van der Waals surface area contributed by atoms with Crippen LogP contribution in [-0.2, 0) is 0 Å². The molecule has 5 aromatic carbocycles. The Morgan fingerprint density at radius 1 is 0.630 bits per heavy atom. The summed E-state index contributed by atoms with van der Waals surface area (Å²) in [5, 5.41) is 7.69. The van der Waals surface area contributed by atoms with E-state index in [1.165, 1.54) is 43.4 Å². The topological polar surface area (TPSA) is 28.7 Å². The molecular weight excluding hydrogens is 328 g/mol. The number of hydrogen-bond acceptors (Lipinski definition) is 1. The first-order valence-corrected chi connectivity index (χ1v) is 9.15. The Kier molecular flexibility index (Phi) is 2.91. The predicted molar refractivity (Wildman–Crippen MR) is 114 cm³/mol. The lowest BCUT2D eigenvalue weighted by molar-refractivity contribution is 1.34.